The van der Waals surface area contributed by atoms with Gasteiger partial charge in [-0.1, -0.05) is 63.4 Å². The summed E-state index contributed by atoms with van der Waals surface area (Å²) in [5, 5.41) is 4.95. The second-order valence-electron chi connectivity index (χ2n) is 7.97. The highest BCUT2D eigenvalue weighted by molar-refractivity contribution is 9.10. The van der Waals surface area contributed by atoms with Crippen LogP contribution in [0.3, 0.4) is 0 Å². The van der Waals surface area contributed by atoms with Crippen molar-refractivity contribution in [3.05, 3.63) is 98.3 Å². The van der Waals surface area contributed by atoms with Crippen molar-refractivity contribution in [2.75, 3.05) is 5.32 Å². The van der Waals surface area contributed by atoms with Gasteiger partial charge in [0.1, 0.15) is 0 Å². The van der Waals surface area contributed by atoms with Gasteiger partial charge in [-0.05, 0) is 56.3 Å². The van der Waals surface area contributed by atoms with Crippen LogP contribution in [0.15, 0.2) is 77.3 Å². The predicted molar refractivity (Wildman–Crippen MR) is 145 cm³/mol. The molecule has 0 bridgehead atoms. The molecule has 0 aliphatic rings. The molecule has 0 spiro atoms. The molecular weight excluding hydrogens is 530 g/mol. The van der Waals surface area contributed by atoms with Crippen LogP contribution in [0.2, 0.25) is 5.02 Å². The number of pyridine rings is 1. The minimum atomic E-state index is -0.231. The first kappa shape index (κ1) is 22.7. The van der Waals surface area contributed by atoms with Gasteiger partial charge in [-0.3, -0.25) is 10.1 Å². The Labute approximate surface area is 214 Å². The third-order valence-electron chi connectivity index (χ3n) is 5.44. The van der Waals surface area contributed by atoms with Crippen molar-refractivity contribution in [1.82, 2.24) is 9.97 Å². The molecule has 0 unspecified atom stereocenters. The number of aryl methyl sites for hydroxylation is 2. The number of rotatable bonds is 4. The van der Waals surface area contributed by atoms with Crippen molar-refractivity contribution in [3.63, 3.8) is 0 Å². The number of nitrogens with zero attached hydrogens (tertiary/aromatic N) is 2. The topological polar surface area (TPSA) is 54.9 Å². The summed E-state index contributed by atoms with van der Waals surface area (Å²) in [5.74, 6) is -0.231. The molecule has 2 aromatic heterocycles. The van der Waals surface area contributed by atoms with E-state index in [9.17, 15) is 4.79 Å². The number of halogens is 2. The van der Waals surface area contributed by atoms with Gasteiger partial charge in [-0.15, -0.1) is 11.3 Å². The van der Waals surface area contributed by atoms with Crippen molar-refractivity contribution < 1.29 is 4.79 Å². The molecule has 5 aromatic rings. The normalized spacial score (nSPS) is 11.1. The number of hydrogen-bond donors (Lipinski definition) is 1. The molecule has 2 heterocycles. The van der Waals surface area contributed by atoms with Gasteiger partial charge in [0.25, 0.3) is 5.91 Å². The van der Waals surface area contributed by atoms with Crippen LogP contribution in [0.5, 0.6) is 0 Å². The number of carbonyl (C=O) groups excluding carboxylic acids is 1. The third-order valence-corrected chi connectivity index (χ3v) is 7.06. The summed E-state index contributed by atoms with van der Waals surface area (Å²) in [6.45, 7) is 4.02. The van der Waals surface area contributed by atoms with E-state index in [1.807, 2.05) is 80.6 Å². The van der Waals surface area contributed by atoms with E-state index in [1.165, 1.54) is 11.3 Å². The van der Waals surface area contributed by atoms with Crippen molar-refractivity contribution in [2.45, 2.75) is 13.8 Å². The zero-order valence-electron chi connectivity index (χ0n) is 18.4. The quantitative estimate of drug-likeness (QED) is 0.246. The van der Waals surface area contributed by atoms with Gasteiger partial charge in [0.2, 0.25) is 0 Å². The van der Waals surface area contributed by atoms with Crippen molar-refractivity contribution >= 4 is 60.8 Å². The van der Waals surface area contributed by atoms with Crippen LogP contribution in [-0.2, 0) is 0 Å². The zero-order valence-corrected chi connectivity index (χ0v) is 21.6. The van der Waals surface area contributed by atoms with E-state index in [-0.39, 0.29) is 5.91 Å². The number of amides is 1. The van der Waals surface area contributed by atoms with Crippen LogP contribution in [0.25, 0.3) is 33.4 Å². The Morgan fingerprint density at radius 3 is 2.53 bits per heavy atom. The molecule has 0 fully saturated rings. The number of fused-ring (bicyclic) bond motifs is 1. The van der Waals surface area contributed by atoms with Gasteiger partial charge in [0.15, 0.2) is 5.13 Å². The van der Waals surface area contributed by atoms with Gasteiger partial charge in [0.05, 0.1) is 22.5 Å². The number of carbonyl (C=O) groups is 1. The van der Waals surface area contributed by atoms with Crippen LogP contribution < -0.4 is 5.32 Å². The Kier molecular flexibility index (Phi) is 6.21. The Bertz CT molecular complexity index is 1560. The van der Waals surface area contributed by atoms with Crippen molar-refractivity contribution in [3.8, 4) is 22.5 Å². The molecule has 0 atom stereocenters. The lowest BCUT2D eigenvalue weighted by atomic mass is 10.0. The molecule has 0 saturated carbocycles. The summed E-state index contributed by atoms with van der Waals surface area (Å²) in [6.07, 6.45) is 0. The summed E-state index contributed by atoms with van der Waals surface area (Å²) < 4.78 is 0.882. The van der Waals surface area contributed by atoms with Crippen LogP contribution in [0.4, 0.5) is 5.13 Å². The van der Waals surface area contributed by atoms with Crippen molar-refractivity contribution in [1.29, 1.82) is 0 Å². The maximum absolute atomic E-state index is 13.5. The number of hydrogen-bond acceptors (Lipinski definition) is 4. The predicted octanol–water partition coefficient (Wildman–Crippen LogP) is 8.31. The third kappa shape index (κ3) is 4.62. The molecule has 3 aromatic carbocycles. The van der Waals surface area contributed by atoms with Gasteiger partial charge in [-0.25, -0.2) is 9.97 Å². The SMILES string of the molecule is Cc1cccc(-c2cc(C(=O)Nc3nc(-c4cccc(Cl)c4)c(C)s3)c3cc(Br)ccc3n2)c1. The van der Waals surface area contributed by atoms with E-state index in [4.69, 9.17) is 16.6 Å². The Morgan fingerprint density at radius 2 is 1.74 bits per heavy atom. The number of thiazole rings is 1. The van der Waals surface area contributed by atoms with E-state index >= 15 is 0 Å². The summed E-state index contributed by atoms with van der Waals surface area (Å²) in [4.78, 5) is 24.0. The molecular formula is C27H19BrClN3OS. The van der Waals surface area contributed by atoms with Gasteiger partial charge < -0.3 is 0 Å². The molecule has 1 N–H and O–H groups in total. The summed E-state index contributed by atoms with van der Waals surface area (Å²) in [7, 11) is 0. The average Bonchev–Trinajstić information content (AvgIpc) is 3.18. The van der Waals surface area contributed by atoms with Crippen molar-refractivity contribution in [2.24, 2.45) is 0 Å². The van der Waals surface area contributed by atoms with Crippen LogP contribution in [-0.4, -0.2) is 15.9 Å². The minimum Gasteiger partial charge on any atom is -0.298 e. The fourth-order valence-corrected chi connectivity index (χ4v) is 5.24. The molecule has 0 saturated heterocycles. The van der Waals surface area contributed by atoms with E-state index in [2.05, 4.69) is 32.3 Å². The monoisotopic (exact) mass is 547 g/mol. The number of nitrogens with one attached hydrogen (secondary N) is 1. The molecule has 0 radical (unpaired) electrons. The molecule has 1 amide bonds. The average molecular weight is 549 g/mol. The lowest BCUT2D eigenvalue weighted by Crippen LogP contribution is -2.13. The van der Waals surface area contributed by atoms with E-state index in [0.717, 1.165) is 48.3 Å². The first-order valence-corrected chi connectivity index (χ1v) is 12.6. The smallest absolute Gasteiger partial charge is 0.258 e. The molecule has 7 heteroatoms. The van der Waals surface area contributed by atoms with Gasteiger partial charge in [0, 0.05) is 30.9 Å². The number of benzene rings is 3. The molecule has 0 aliphatic heterocycles. The molecule has 4 nitrogen and oxygen atoms in total. The standard InChI is InChI=1S/C27H19BrClN3OS/c1-15-5-3-6-17(11-15)24-14-22(21-13-19(28)9-10-23(21)30-24)26(33)32-27-31-25(16(2)34-27)18-7-4-8-20(29)12-18/h3-14H,1-2H3,(H,31,32,33). The maximum Gasteiger partial charge on any atom is 0.258 e. The lowest BCUT2D eigenvalue weighted by molar-refractivity contribution is 0.102. The minimum absolute atomic E-state index is 0.231. The fraction of sp³-hybridized carbons (Fsp3) is 0.0741. The highest BCUT2D eigenvalue weighted by Crippen LogP contribution is 2.33. The van der Waals surface area contributed by atoms with Crippen LogP contribution in [0.1, 0.15) is 20.8 Å². The first-order valence-electron chi connectivity index (χ1n) is 10.6. The van der Waals surface area contributed by atoms with Crippen LogP contribution in [0, 0.1) is 13.8 Å². The second-order valence-corrected chi connectivity index (χ2v) is 10.5. The number of aromatic nitrogens is 2. The largest absolute Gasteiger partial charge is 0.298 e. The molecule has 34 heavy (non-hydrogen) atoms. The highest BCUT2D eigenvalue weighted by Gasteiger charge is 2.18. The lowest BCUT2D eigenvalue weighted by Gasteiger charge is -2.10. The van der Waals surface area contributed by atoms with E-state index < -0.39 is 0 Å². The maximum atomic E-state index is 13.5. The molecule has 5 rings (SSSR count). The van der Waals surface area contributed by atoms with E-state index in [0.29, 0.717) is 15.7 Å². The highest BCUT2D eigenvalue weighted by atomic mass is 79.9. The molecule has 168 valence electrons. The summed E-state index contributed by atoms with van der Waals surface area (Å²) in [5.41, 5.74) is 5.87. The number of anilines is 1. The molecule has 0 aliphatic carbocycles. The van der Waals surface area contributed by atoms with E-state index in [1.54, 1.807) is 0 Å². The van der Waals surface area contributed by atoms with Crippen LogP contribution >= 0.6 is 38.9 Å². The second kappa shape index (κ2) is 9.29. The van der Waals surface area contributed by atoms with Gasteiger partial charge >= 0.3 is 0 Å². The Balaban J connectivity index is 1.55. The zero-order chi connectivity index (χ0) is 23.8. The fourth-order valence-electron chi connectivity index (χ4n) is 3.86. The Hall–Kier alpha value is -3.06. The summed E-state index contributed by atoms with van der Waals surface area (Å²) >= 11 is 11.1. The van der Waals surface area contributed by atoms with Gasteiger partial charge in [-0.2, -0.15) is 0 Å². The summed E-state index contributed by atoms with van der Waals surface area (Å²) in [6, 6.07) is 23.3. The first-order chi connectivity index (χ1) is 16.4. The Morgan fingerprint density at radius 1 is 0.941 bits per heavy atom.